The number of hydrogen-bond donors (Lipinski definition) is 2. The normalized spacial score (nSPS) is 21.4. The summed E-state index contributed by atoms with van der Waals surface area (Å²) in [5, 5.41) is 15.5. The van der Waals surface area contributed by atoms with Crippen molar-refractivity contribution in [3.8, 4) is 6.07 Å². The number of nitrogens with zero attached hydrogens (tertiary/aromatic N) is 2. The quantitative estimate of drug-likeness (QED) is 0.776. The number of hydrogen-bond acceptors (Lipinski definition) is 3. The highest BCUT2D eigenvalue weighted by Gasteiger charge is 2.55. The van der Waals surface area contributed by atoms with E-state index >= 15 is 0 Å². The molecule has 2 aliphatic rings. The molecule has 1 spiro atoms. The van der Waals surface area contributed by atoms with E-state index in [1.807, 2.05) is 49.6 Å². The first-order chi connectivity index (χ1) is 11.8. The number of benzene rings is 1. The minimum Gasteiger partial charge on any atom is -0.328 e. The Hall–Kier alpha value is -3.07. The number of nitriles is 1. The molecule has 6 nitrogen and oxygen atoms in total. The largest absolute Gasteiger partial charge is 0.328 e. The van der Waals surface area contributed by atoms with Gasteiger partial charge in [-0.2, -0.15) is 5.26 Å². The summed E-state index contributed by atoms with van der Waals surface area (Å²) in [4.78, 5) is 25.6. The average molecular weight is 334 g/mol. The maximum absolute atomic E-state index is 13.0. The van der Waals surface area contributed by atoms with E-state index in [1.54, 1.807) is 6.20 Å². The molecular weight excluding hydrogens is 316 g/mol. The van der Waals surface area contributed by atoms with Crippen molar-refractivity contribution in [1.29, 1.82) is 5.26 Å². The molecule has 2 aromatic rings. The minimum absolute atomic E-state index is 0.00825. The van der Waals surface area contributed by atoms with Gasteiger partial charge in [0.05, 0.1) is 5.56 Å². The van der Waals surface area contributed by atoms with Crippen LogP contribution in [0.2, 0.25) is 0 Å². The Kier molecular flexibility index (Phi) is 2.92. The highest BCUT2D eigenvalue weighted by Crippen LogP contribution is 2.52. The fourth-order valence-electron chi connectivity index (χ4n) is 3.92. The molecule has 1 aromatic carbocycles. The van der Waals surface area contributed by atoms with Gasteiger partial charge in [0.1, 0.15) is 17.3 Å². The van der Waals surface area contributed by atoms with Gasteiger partial charge < -0.3 is 15.2 Å². The van der Waals surface area contributed by atoms with Gasteiger partial charge in [0.2, 0.25) is 11.8 Å². The van der Waals surface area contributed by atoms with Crippen LogP contribution in [0, 0.1) is 11.3 Å². The monoisotopic (exact) mass is 334 g/mol. The maximum atomic E-state index is 13.0. The van der Waals surface area contributed by atoms with Crippen molar-refractivity contribution in [2.45, 2.75) is 38.1 Å². The van der Waals surface area contributed by atoms with E-state index in [9.17, 15) is 14.9 Å². The molecule has 1 atom stereocenters. The number of amides is 2. The Morgan fingerprint density at radius 2 is 1.92 bits per heavy atom. The van der Waals surface area contributed by atoms with E-state index < -0.39 is 5.41 Å². The first-order valence-corrected chi connectivity index (χ1v) is 8.16. The fourth-order valence-corrected chi connectivity index (χ4v) is 3.92. The van der Waals surface area contributed by atoms with Crippen molar-refractivity contribution in [1.82, 2.24) is 4.57 Å². The second kappa shape index (κ2) is 4.73. The van der Waals surface area contributed by atoms with Crippen LogP contribution in [0.5, 0.6) is 0 Å². The van der Waals surface area contributed by atoms with Crippen molar-refractivity contribution in [3.63, 3.8) is 0 Å². The van der Waals surface area contributed by atoms with Crippen molar-refractivity contribution in [2.75, 3.05) is 10.6 Å². The summed E-state index contributed by atoms with van der Waals surface area (Å²) in [6.07, 6.45) is 1.72. The molecule has 1 unspecified atom stereocenters. The number of aromatic nitrogens is 1. The molecule has 0 saturated carbocycles. The molecule has 4 rings (SSSR count). The highest BCUT2D eigenvalue weighted by molar-refractivity contribution is 6.15. The molecule has 3 heterocycles. The van der Waals surface area contributed by atoms with Crippen LogP contribution >= 0.6 is 0 Å². The standard InChI is InChI=1S/C19H18N4O2/c1-18(2,3)23-10-11(9-20)15-16(23)22-14(24)8-19(15)12-6-4-5-7-13(12)21-17(19)25/h4-7,10H,8H2,1-3H3,(H,21,25)(H,22,24). The van der Waals surface area contributed by atoms with E-state index in [2.05, 4.69) is 16.7 Å². The van der Waals surface area contributed by atoms with Gasteiger partial charge in [0.25, 0.3) is 0 Å². The second-order valence-corrected chi connectivity index (χ2v) is 7.55. The summed E-state index contributed by atoms with van der Waals surface area (Å²) < 4.78 is 1.87. The highest BCUT2D eigenvalue weighted by atomic mass is 16.2. The number of anilines is 2. The maximum Gasteiger partial charge on any atom is 0.240 e. The number of nitrogens with one attached hydrogen (secondary N) is 2. The third-order valence-corrected chi connectivity index (χ3v) is 4.98. The van der Waals surface area contributed by atoms with Crippen LogP contribution in [0.25, 0.3) is 0 Å². The SMILES string of the molecule is CC(C)(C)n1cc(C#N)c2c1NC(=O)CC21C(=O)Nc2ccccc21. The molecule has 2 aliphatic heterocycles. The lowest BCUT2D eigenvalue weighted by Gasteiger charge is -2.34. The summed E-state index contributed by atoms with van der Waals surface area (Å²) in [5.74, 6) is 0.0487. The van der Waals surface area contributed by atoms with Crippen LogP contribution in [0.15, 0.2) is 30.5 Å². The third kappa shape index (κ3) is 1.89. The Morgan fingerprint density at radius 1 is 1.20 bits per heavy atom. The first-order valence-electron chi connectivity index (χ1n) is 8.16. The fraction of sp³-hybridized carbons (Fsp3) is 0.316. The lowest BCUT2D eigenvalue weighted by Crippen LogP contribution is -2.44. The van der Waals surface area contributed by atoms with Gasteiger partial charge in [0.15, 0.2) is 0 Å². The predicted molar refractivity (Wildman–Crippen MR) is 93.2 cm³/mol. The molecule has 0 fully saturated rings. The molecule has 25 heavy (non-hydrogen) atoms. The smallest absolute Gasteiger partial charge is 0.240 e. The molecule has 0 bridgehead atoms. The molecule has 0 radical (unpaired) electrons. The van der Waals surface area contributed by atoms with Crippen LogP contribution in [0.4, 0.5) is 11.5 Å². The van der Waals surface area contributed by atoms with Crippen LogP contribution in [0.1, 0.15) is 43.9 Å². The van der Waals surface area contributed by atoms with Gasteiger partial charge in [-0.25, -0.2) is 0 Å². The molecule has 0 aliphatic carbocycles. The first kappa shape index (κ1) is 15.5. The summed E-state index contributed by atoms with van der Waals surface area (Å²) in [7, 11) is 0. The van der Waals surface area contributed by atoms with Gasteiger partial charge in [-0.15, -0.1) is 0 Å². The van der Waals surface area contributed by atoms with E-state index in [0.717, 1.165) is 5.56 Å². The molecule has 6 heteroatoms. The van der Waals surface area contributed by atoms with Gasteiger partial charge in [-0.1, -0.05) is 18.2 Å². The lowest BCUT2D eigenvalue weighted by molar-refractivity contribution is -0.125. The number of para-hydroxylation sites is 1. The number of fused-ring (bicyclic) bond motifs is 4. The van der Waals surface area contributed by atoms with E-state index in [-0.39, 0.29) is 23.8 Å². The average Bonchev–Trinajstić information content (AvgIpc) is 3.04. The molecule has 1 aromatic heterocycles. The van der Waals surface area contributed by atoms with E-state index in [1.165, 1.54) is 0 Å². The minimum atomic E-state index is -1.16. The Bertz CT molecular complexity index is 974. The summed E-state index contributed by atoms with van der Waals surface area (Å²) in [6.45, 7) is 5.97. The molecule has 0 saturated heterocycles. The molecule has 2 N–H and O–H groups in total. The predicted octanol–water partition coefficient (Wildman–Crippen LogP) is 2.70. The Labute approximate surface area is 145 Å². The van der Waals surface area contributed by atoms with Crippen molar-refractivity contribution in [3.05, 3.63) is 47.2 Å². The van der Waals surface area contributed by atoms with Gasteiger partial charge in [0, 0.05) is 29.4 Å². The zero-order valence-electron chi connectivity index (χ0n) is 14.3. The van der Waals surface area contributed by atoms with E-state index in [0.29, 0.717) is 22.6 Å². The Balaban J connectivity index is 2.11. The third-order valence-electron chi connectivity index (χ3n) is 4.98. The summed E-state index contributed by atoms with van der Waals surface area (Å²) in [5.41, 5.74) is 0.943. The zero-order valence-corrected chi connectivity index (χ0v) is 14.3. The topological polar surface area (TPSA) is 86.9 Å². The number of carbonyl (C=O) groups is 2. The zero-order chi connectivity index (χ0) is 18.0. The molecule has 126 valence electrons. The van der Waals surface area contributed by atoms with Crippen LogP contribution < -0.4 is 10.6 Å². The molecule has 2 amide bonds. The second-order valence-electron chi connectivity index (χ2n) is 7.55. The van der Waals surface area contributed by atoms with Crippen LogP contribution in [0.3, 0.4) is 0 Å². The van der Waals surface area contributed by atoms with Gasteiger partial charge in [-0.05, 0) is 32.4 Å². The van der Waals surface area contributed by atoms with Crippen LogP contribution in [-0.4, -0.2) is 16.4 Å². The molecular formula is C19H18N4O2. The summed E-state index contributed by atoms with van der Waals surface area (Å²) in [6, 6.07) is 9.57. The van der Waals surface area contributed by atoms with Gasteiger partial charge >= 0.3 is 0 Å². The van der Waals surface area contributed by atoms with E-state index in [4.69, 9.17) is 0 Å². The summed E-state index contributed by atoms with van der Waals surface area (Å²) >= 11 is 0. The Morgan fingerprint density at radius 3 is 2.60 bits per heavy atom. The lowest BCUT2D eigenvalue weighted by atomic mass is 9.70. The van der Waals surface area contributed by atoms with Crippen molar-refractivity contribution < 1.29 is 9.59 Å². The number of rotatable bonds is 0. The van der Waals surface area contributed by atoms with Crippen LogP contribution in [-0.2, 0) is 20.5 Å². The number of carbonyl (C=O) groups excluding carboxylic acids is 2. The van der Waals surface area contributed by atoms with Crippen molar-refractivity contribution >= 4 is 23.3 Å². The van der Waals surface area contributed by atoms with Crippen molar-refractivity contribution in [2.24, 2.45) is 0 Å². The van der Waals surface area contributed by atoms with Gasteiger partial charge in [-0.3, -0.25) is 9.59 Å².